The molecule has 6 N–H and O–H groups in total. The maximum Gasteiger partial charge on any atom is 0.319 e. The van der Waals surface area contributed by atoms with E-state index in [9.17, 15) is 34.8 Å². The Morgan fingerprint density at radius 1 is 0.690 bits per heavy atom. The third-order valence-electron chi connectivity index (χ3n) is 4.65. The first-order chi connectivity index (χ1) is 13.7. The molecule has 168 valence electrons. The fraction of sp³-hybridized carbons (Fsp3) is 0.812. The molecule has 1 saturated heterocycles. The minimum atomic E-state index is -1.36. The summed E-state index contributed by atoms with van der Waals surface area (Å²) in [6.45, 7) is -1.22. The quantitative estimate of drug-likeness (QED) is 0.201. The minimum absolute atomic E-state index is 0.0990. The van der Waals surface area contributed by atoms with E-state index in [2.05, 4.69) is 0 Å². The number of hydrogen-bond donors (Lipinski definition) is 6. The molecule has 0 spiro atoms. The van der Waals surface area contributed by atoms with E-state index in [1.54, 1.807) is 9.80 Å². The zero-order valence-electron chi connectivity index (χ0n) is 16.1. The average Bonchev–Trinajstić information content (AvgIpc) is 2.63. The van der Waals surface area contributed by atoms with E-state index >= 15 is 0 Å². The molecule has 0 aromatic heterocycles. The maximum atomic E-state index is 11.3. The molecule has 13 nitrogen and oxygen atoms in total. The number of rotatable bonds is 10. The van der Waals surface area contributed by atoms with Crippen molar-refractivity contribution >= 4 is 17.9 Å². The number of nitrogens with zero attached hydrogens (tertiary/aromatic N) is 4. The second kappa shape index (κ2) is 12.6. The lowest BCUT2D eigenvalue weighted by Crippen LogP contribution is -2.60. The first kappa shape index (κ1) is 25.2. The zero-order valence-corrected chi connectivity index (χ0v) is 16.1. The Morgan fingerprint density at radius 3 is 1.55 bits per heavy atom. The summed E-state index contributed by atoms with van der Waals surface area (Å²) in [6.07, 6.45) is -1.36. The summed E-state index contributed by atoms with van der Waals surface area (Å²) in [5.41, 5.74) is 0. The van der Waals surface area contributed by atoms with Gasteiger partial charge in [0, 0.05) is 39.3 Å². The van der Waals surface area contributed by atoms with Crippen molar-refractivity contribution < 1.29 is 45.0 Å². The number of carbonyl (C=O) groups is 3. The molecule has 0 aromatic rings. The Bertz CT molecular complexity index is 550. The monoisotopic (exact) mass is 422 g/mol. The SMILES string of the molecule is O=C(O)CN1CCN(CC(=O)O)CCN([C@H](CO)[C@H](O)CO)N(CC(=O)O)CC1. The van der Waals surface area contributed by atoms with Crippen molar-refractivity contribution in [3.63, 3.8) is 0 Å². The van der Waals surface area contributed by atoms with E-state index in [1.807, 2.05) is 0 Å². The van der Waals surface area contributed by atoms with Crippen LogP contribution >= 0.6 is 0 Å². The normalized spacial score (nSPS) is 20.8. The van der Waals surface area contributed by atoms with Crippen LogP contribution in [0.1, 0.15) is 0 Å². The van der Waals surface area contributed by atoms with E-state index in [4.69, 9.17) is 10.2 Å². The summed E-state index contributed by atoms with van der Waals surface area (Å²) in [4.78, 5) is 36.7. The van der Waals surface area contributed by atoms with Gasteiger partial charge in [0.25, 0.3) is 0 Å². The van der Waals surface area contributed by atoms with Crippen molar-refractivity contribution in [2.75, 3.05) is 72.1 Å². The largest absolute Gasteiger partial charge is 0.480 e. The summed E-state index contributed by atoms with van der Waals surface area (Å²) in [5, 5.41) is 59.3. The highest BCUT2D eigenvalue weighted by Gasteiger charge is 2.32. The van der Waals surface area contributed by atoms with Gasteiger partial charge in [-0.1, -0.05) is 0 Å². The fourth-order valence-electron chi connectivity index (χ4n) is 3.21. The van der Waals surface area contributed by atoms with Crippen LogP contribution in [0, 0.1) is 0 Å². The Kier molecular flexibility index (Phi) is 11.0. The van der Waals surface area contributed by atoms with Crippen LogP contribution in [0.5, 0.6) is 0 Å². The number of aliphatic hydroxyl groups is 3. The van der Waals surface area contributed by atoms with Crippen LogP contribution in [0.25, 0.3) is 0 Å². The van der Waals surface area contributed by atoms with Gasteiger partial charge < -0.3 is 30.6 Å². The summed E-state index contributed by atoms with van der Waals surface area (Å²) < 4.78 is 0. The van der Waals surface area contributed by atoms with Crippen molar-refractivity contribution in [1.29, 1.82) is 0 Å². The Balaban J connectivity index is 3.17. The number of carboxylic acid groups (broad SMARTS) is 3. The molecule has 1 fully saturated rings. The molecule has 0 aliphatic carbocycles. The average molecular weight is 422 g/mol. The minimum Gasteiger partial charge on any atom is -0.480 e. The lowest BCUT2D eigenvalue weighted by atomic mass is 10.1. The van der Waals surface area contributed by atoms with Crippen molar-refractivity contribution in [2.24, 2.45) is 0 Å². The van der Waals surface area contributed by atoms with Crippen molar-refractivity contribution in [2.45, 2.75) is 12.1 Å². The van der Waals surface area contributed by atoms with Gasteiger partial charge in [0.05, 0.1) is 38.4 Å². The van der Waals surface area contributed by atoms with Crippen molar-refractivity contribution in [3.8, 4) is 0 Å². The molecule has 29 heavy (non-hydrogen) atoms. The third kappa shape index (κ3) is 8.99. The highest BCUT2D eigenvalue weighted by molar-refractivity contribution is 5.69. The van der Waals surface area contributed by atoms with E-state index in [0.717, 1.165) is 0 Å². The predicted octanol–water partition coefficient (Wildman–Crippen LogP) is -3.91. The second-order valence-corrected chi connectivity index (χ2v) is 6.78. The van der Waals surface area contributed by atoms with Crippen LogP contribution in [-0.4, -0.2) is 153 Å². The number of hydrazine groups is 1. The molecule has 1 rings (SSSR count). The Morgan fingerprint density at radius 2 is 1.14 bits per heavy atom. The van der Waals surface area contributed by atoms with E-state index in [1.165, 1.54) is 10.0 Å². The summed E-state index contributed by atoms with van der Waals surface area (Å²) >= 11 is 0. The van der Waals surface area contributed by atoms with Gasteiger partial charge in [-0.15, -0.1) is 0 Å². The molecule has 0 unspecified atom stereocenters. The van der Waals surface area contributed by atoms with E-state index in [-0.39, 0.29) is 52.4 Å². The number of hydrogen-bond acceptors (Lipinski definition) is 10. The van der Waals surface area contributed by atoms with E-state index < -0.39 is 49.8 Å². The summed E-state index contributed by atoms with van der Waals surface area (Å²) in [5.74, 6) is -3.32. The second-order valence-electron chi connectivity index (χ2n) is 6.78. The lowest BCUT2D eigenvalue weighted by molar-refractivity contribution is -0.157. The van der Waals surface area contributed by atoms with Crippen LogP contribution in [0.2, 0.25) is 0 Å². The zero-order chi connectivity index (χ0) is 22.0. The number of aliphatic hydroxyl groups excluding tert-OH is 3. The van der Waals surface area contributed by atoms with Gasteiger partial charge in [-0.2, -0.15) is 0 Å². The topological polar surface area (TPSA) is 186 Å². The molecular formula is C16H30N4O9. The number of aliphatic carboxylic acids is 3. The van der Waals surface area contributed by atoms with Gasteiger partial charge in [-0.05, 0) is 0 Å². The molecule has 13 heteroatoms. The molecule has 0 bridgehead atoms. The molecule has 0 amide bonds. The van der Waals surface area contributed by atoms with Crippen LogP contribution in [0.15, 0.2) is 0 Å². The standard InChI is InChI=1S/C16H30N4O9/c21-10-12(13(23)11-22)20-6-4-18(8-15(26)27)2-1-17(7-14(24)25)3-5-19(20)9-16(28)29/h12-13,21-23H,1-11H2,(H,24,25)(H,26,27)(H,28,29)/t12-,13-/m1/s1. The highest BCUT2D eigenvalue weighted by Crippen LogP contribution is 2.12. The molecule has 0 radical (unpaired) electrons. The number of carboxylic acids is 3. The van der Waals surface area contributed by atoms with Gasteiger partial charge in [0.1, 0.15) is 6.54 Å². The molecule has 0 aromatic carbocycles. The van der Waals surface area contributed by atoms with Crippen molar-refractivity contribution in [3.05, 3.63) is 0 Å². The van der Waals surface area contributed by atoms with Gasteiger partial charge in [-0.25, -0.2) is 10.0 Å². The fourth-order valence-corrected chi connectivity index (χ4v) is 3.21. The smallest absolute Gasteiger partial charge is 0.319 e. The van der Waals surface area contributed by atoms with Gasteiger partial charge in [-0.3, -0.25) is 24.2 Å². The highest BCUT2D eigenvalue weighted by atomic mass is 16.4. The molecule has 1 aliphatic heterocycles. The summed E-state index contributed by atoms with van der Waals surface area (Å²) in [6, 6.07) is -1.02. The first-order valence-corrected chi connectivity index (χ1v) is 9.19. The van der Waals surface area contributed by atoms with Crippen LogP contribution in [0.4, 0.5) is 0 Å². The van der Waals surface area contributed by atoms with E-state index in [0.29, 0.717) is 0 Å². The van der Waals surface area contributed by atoms with Gasteiger partial charge in [0.2, 0.25) is 0 Å². The van der Waals surface area contributed by atoms with Crippen LogP contribution in [-0.2, 0) is 14.4 Å². The van der Waals surface area contributed by atoms with Crippen LogP contribution < -0.4 is 0 Å². The molecule has 1 aliphatic rings. The molecule has 0 saturated carbocycles. The molecule has 1 heterocycles. The first-order valence-electron chi connectivity index (χ1n) is 9.19. The predicted molar refractivity (Wildman–Crippen MR) is 98.0 cm³/mol. The maximum absolute atomic E-state index is 11.3. The third-order valence-corrected chi connectivity index (χ3v) is 4.65. The Hall–Kier alpha value is -1.87. The summed E-state index contributed by atoms with van der Waals surface area (Å²) in [7, 11) is 0. The molecular weight excluding hydrogens is 392 g/mol. The van der Waals surface area contributed by atoms with Crippen molar-refractivity contribution in [1.82, 2.24) is 19.8 Å². The lowest BCUT2D eigenvalue weighted by Gasteiger charge is -2.43. The van der Waals surface area contributed by atoms with Crippen LogP contribution in [0.3, 0.4) is 0 Å². The van der Waals surface area contributed by atoms with Gasteiger partial charge in [0.15, 0.2) is 0 Å². The molecule has 2 atom stereocenters. The Labute approximate surface area is 167 Å². The van der Waals surface area contributed by atoms with Gasteiger partial charge >= 0.3 is 17.9 Å².